The van der Waals surface area contributed by atoms with Gasteiger partial charge in [0.25, 0.3) is 0 Å². The first kappa shape index (κ1) is 9.16. The number of halogens is 1. The fraction of sp³-hybridized carbons (Fsp3) is 0.500. The molecule has 0 amide bonds. The Labute approximate surface area is 86.7 Å². The van der Waals surface area contributed by atoms with Crippen LogP contribution in [-0.4, -0.2) is 11.5 Å². The normalized spacial score (nSPS) is 18.6. The molecule has 0 radical (unpaired) electrons. The average molecular weight is 241 g/mol. The Bertz CT molecular complexity index is 308. The van der Waals surface area contributed by atoms with Gasteiger partial charge in [-0.2, -0.15) is 0 Å². The molecule has 3 heteroatoms. The van der Waals surface area contributed by atoms with Gasteiger partial charge in [-0.05, 0) is 53.9 Å². The number of nitrogens with zero attached hydrogens (tertiary/aromatic N) is 1. The molecule has 0 aliphatic heterocycles. The maximum Gasteiger partial charge on any atom is 0.0607 e. The van der Waals surface area contributed by atoms with Crippen molar-refractivity contribution in [1.29, 1.82) is 0 Å². The van der Waals surface area contributed by atoms with Crippen LogP contribution >= 0.6 is 15.9 Å². The summed E-state index contributed by atoms with van der Waals surface area (Å²) in [5.74, 6) is 0. The summed E-state index contributed by atoms with van der Waals surface area (Å²) in [6, 6.07) is 4.00. The lowest BCUT2D eigenvalue weighted by Crippen LogP contribution is -2.15. The molecule has 2 N–H and O–H groups in total. The standard InChI is InChI=1S/C10H13BrN2/c11-8-2-1-7-13-9(8)10(3-4-10)5-6-12/h1-2,7H,3-6,12H2. The van der Waals surface area contributed by atoms with Gasteiger partial charge in [-0.3, -0.25) is 4.98 Å². The zero-order valence-corrected chi connectivity index (χ0v) is 9.05. The quantitative estimate of drug-likeness (QED) is 0.881. The van der Waals surface area contributed by atoms with E-state index in [1.807, 2.05) is 12.3 Å². The van der Waals surface area contributed by atoms with Gasteiger partial charge in [0.1, 0.15) is 0 Å². The maximum atomic E-state index is 5.60. The highest BCUT2D eigenvalue weighted by atomic mass is 79.9. The molecule has 1 saturated carbocycles. The molecule has 1 aliphatic rings. The molecule has 1 aromatic rings. The van der Waals surface area contributed by atoms with Crippen molar-refractivity contribution in [3.63, 3.8) is 0 Å². The molecule has 1 aliphatic carbocycles. The van der Waals surface area contributed by atoms with E-state index in [2.05, 4.69) is 27.0 Å². The molecule has 2 nitrogen and oxygen atoms in total. The van der Waals surface area contributed by atoms with Crippen molar-refractivity contribution in [2.24, 2.45) is 5.73 Å². The van der Waals surface area contributed by atoms with E-state index in [9.17, 15) is 0 Å². The van der Waals surface area contributed by atoms with Gasteiger partial charge in [0.15, 0.2) is 0 Å². The highest BCUT2D eigenvalue weighted by molar-refractivity contribution is 9.10. The fourth-order valence-electron chi connectivity index (χ4n) is 1.81. The first-order chi connectivity index (χ1) is 6.28. The molecular weight excluding hydrogens is 228 g/mol. The van der Waals surface area contributed by atoms with E-state index in [1.54, 1.807) is 0 Å². The van der Waals surface area contributed by atoms with Gasteiger partial charge in [0, 0.05) is 16.1 Å². The van der Waals surface area contributed by atoms with E-state index in [0.29, 0.717) is 5.41 Å². The molecule has 0 spiro atoms. The molecule has 1 heterocycles. The van der Waals surface area contributed by atoms with Crippen molar-refractivity contribution < 1.29 is 0 Å². The van der Waals surface area contributed by atoms with Crippen LogP contribution in [0.2, 0.25) is 0 Å². The molecule has 70 valence electrons. The van der Waals surface area contributed by atoms with Crippen LogP contribution in [0.25, 0.3) is 0 Å². The second kappa shape index (κ2) is 3.39. The largest absolute Gasteiger partial charge is 0.330 e. The van der Waals surface area contributed by atoms with E-state index in [1.165, 1.54) is 18.5 Å². The van der Waals surface area contributed by atoms with Gasteiger partial charge in [-0.25, -0.2) is 0 Å². The van der Waals surface area contributed by atoms with Crippen molar-refractivity contribution in [2.45, 2.75) is 24.7 Å². The van der Waals surface area contributed by atoms with E-state index in [-0.39, 0.29) is 0 Å². The Morgan fingerprint density at radius 3 is 2.85 bits per heavy atom. The van der Waals surface area contributed by atoms with E-state index < -0.39 is 0 Å². The second-order valence-corrected chi connectivity index (χ2v) is 4.51. The molecular formula is C10H13BrN2. The lowest BCUT2D eigenvalue weighted by atomic mass is 9.97. The molecule has 0 aromatic carbocycles. The van der Waals surface area contributed by atoms with Crippen LogP contribution in [0.5, 0.6) is 0 Å². The van der Waals surface area contributed by atoms with Crippen molar-refractivity contribution >= 4 is 15.9 Å². The van der Waals surface area contributed by atoms with Crippen molar-refractivity contribution in [2.75, 3.05) is 6.54 Å². The first-order valence-corrected chi connectivity index (χ1v) is 5.39. The van der Waals surface area contributed by atoms with Crippen LogP contribution < -0.4 is 5.73 Å². The predicted molar refractivity (Wildman–Crippen MR) is 56.5 cm³/mol. The zero-order valence-electron chi connectivity index (χ0n) is 7.46. The molecule has 1 aromatic heterocycles. The number of hydrogen-bond donors (Lipinski definition) is 1. The molecule has 0 unspecified atom stereocenters. The lowest BCUT2D eigenvalue weighted by Gasteiger charge is -2.14. The minimum Gasteiger partial charge on any atom is -0.330 e. The smallest absolute Gasteiger partial charge is 0.0607 e. The summed E-state index contributed by atoms with van der Waals surface area (Å²) in [6.07, 6.45) is 5.39. The fourth-order valence-corrected chi connectivity index (χ4v) is 2.48. The highest BCUT2D eigenvalue weighted by Crippen LogP contribution is 2.51. The predicted octanol–water partition coefficient (Wildman–Crippen LogP) is 2.22. The Morgan fingerprint density at radius 2 is 2.31 bits per heavy atom. The van der Waals surface area contributed by atoms with E-state index in [0.717, 1.165) is 17.4 Å². The highest BCUT2D eigenvalue weighted by Gasteiger charge is 2.45. The number of rotatable bonds is 3. The molecule has 13 heavy (non-hydrogen) atoms. The topological polar surface area (TPSA) is 38.9 Å². The van der Waals surface area contributed by atoms with Crippen LogP contribution in [0.15, 0.2) is 22.8 Å². The van der Waals surface area contributed by atoms with Gasteiger partial charge in [0.2, 0.25) is 0 Å². The number of hydrogen-bond acceptors (Lipinski definition) is 2. The summed E-state index contributed by atoms with van der Waals surface area (Å²) in [5.41, 5.74) is 7.09. The van der Waals surface area contributed by atoms with Gasteiger partial charge in [-0.1, -0.05) is 0 Å². The Hall–Kier alpha value is -0.410. The third kappa shape index (κ3) is 1.63. The van der Waals surface area contributed by atoms with Gasteiger partial charge < -0.3 is 5.73 Å². The summed E-state index contributed by atoms with van der Waals surface area (Å²) in [5, 5.41) is 0. The van der Waals surface area contributed by atoms with Crippen molar-refractivity contribution in [3.05, 3.63) is 28.5 Å². The minimum absolute atomic E-state index is 0.300. The monoisotopic (exact) mass is 240 g/mol. The zero-order chi connectivity index (χ0) is 9.31. The first-order valence-electron chi connectivity index (χ1n) is 4.60. The van der Waals surface area contributed by atoms with Gasteiger partial charge in [0.05, 0.1) is 5.69 Å². The van der Waals surface area contributed by atoms with E-state index >= 15 is 0 Å². The molecule has 0 atom stereocenters. The summed E-state index contributed by atoms with van der Waals surface area (Å²) >= 11 is 3.54. The second-order valence-electron chi connectivity index (χ2n) is 3.65. The van der Waals surface area contributed by atoms with Crippen molar-refractivity contribution in [1.82, 2.24) is 4.98 Å². The minimum atomic E-state index is 0.300. The molecule has 2 rings (SSSR count). The molecule has 1 fully saturated rings. The van der Waals surface area contributed by atoms with Crippen LogP contribution in [0.3, 0.4) is 0 Å². The van der Waals surface area contributed by atoms with Crippen LogP contribution in [0.1, 0.15) is 25.0 Å². The third-order valence-corrected chi connectivity index (χ3v) is 3.38. The van der Waals surface area contributed by atoms with Crippen LogP contribution in [0, 0.1) is 0 Å². The number of pyridine rings is 1. The Kier molecular flexibility index (Phi) is 2.39. The number of nitrogens with two attached hydrogens (primary N) is 1. The average Bonchev–Trinajstić information content (AvgIpc) is 2.87. The summed E-state index contributed by atoms with van der Waals surface area (Å²) in [4.78, 5) is 4.43. The summed E-state index contributed by atoms with van der Waals surface area (Å²) in [7, 11) is 0. The Morgan fingerprint density at radius 1 is 1.54 bits per heavy atom. The summed E-state index contributed by atoms with van der Waals surface area (Å²) < 4.78 is 1.13. The van der Waals surface area contributed by atoms with Crippen LogP contribution in [0.4, 0.5) is 0 Å². The third-order valence-electron chi connectivity index (χ3n) is 2.74. The SMILES string of the molecule is NCCC1(c2ncccc2Br)CC1. The van der Waals surface area contributed by atoms with Crippen LogP contribution in [-0.2, 0) is 5.41 Å². The lowest BCUT2D eigenvalue weighted by molar-refractivity contribution is 0.607. The van der Waals surface area contributed by atoms with E-state index in [4.69, 9.17) is 5.73 Å². The Balaban J connectivity index is 2.30. The molecule has 0 bridgehead atoms. The summed E-state index contributed by atoms with van der Waals surface area (Å²) in [6.45, 7) is 0.753. The molecule has 0 saturated heterocycles. The number of aromatic nitrogens is 1. The van der Waals surface area contributed by atoms with Crippen molar-refractivity contribution in [3.8, 4) is 0 Å². The van der Waals surface area contributed by atoms with Gasteiger partial charge >= 0.3 is 0 Å². The van der Waals surface area contributed by atoms with Gasteiger partial charge in [-0.15, -0.1) is 0 Å². The maximum absolute atomic E-state index is 5.60.